The third kappa shape index (κ3) is 6.36. The Kier molecular flexibility index (Phi) is 8.08. The minimum atomic E-state index is -0.456. The van der Waals surface area contributed by atoms with Crippen molar-refractivity contribution >= 4 is 11.9 Å². The fourth-order valence-electron chi connectivity index (χ4n) is 3.75. The van der Waals surface area contributed by atoms with Gasteiger partial charge in [0.05, 0.1) is 12.7 Å². The third-order valence-corrected chi connectivity index (χ3v) is 5.71. The molecular weight excluding hydrogens is 457 g/mol. The highest BCUT2D eigenvalue weighted by atomic mass is 19.1. The lowest BCUT2D eigenvalue weighted by Gasteiger charge is -2.23. The van der Waals surface area contributed by atoms with E-state index in [4.69, 9.17) is 9.47 Å². The topological polar surface area (TPSA) is 55.8 Å². The van der Waals surface area contributed by atoms with Crippen molar-refractivity contribution < 1.29 is 23.5 Å². The predicted octanol–water partition coefficient (Wildman–Crippen LogP) is 6.29. The number of hydrogen-bond donors (Lipinski definition) is 0. The highest BCUT2D eigenvalue weighted by molar-refractivity contribution is 5.94. The third-order valence-electron chi connectivity index (χ3n) is 5.71. The summed E-state index contributed by atoms with van der Waals surface area (Å²) in [6, 6.07) is 29.8. The van der Waals surface area contributed by atoms with E-state index in [1.54, 1.807) is 59.5 Å². The SMILES string of the molecule is COC(=O)c1ccc(CN(CCc2ccccc2)C(=O)c2ccc(Oc3ccccc3F)cc2)cc1. The molecule has 0 spiro atoms. The van der Waals surface area contributed by atoms with Crippen molar-refractivity contribution in [1.29, 1.82) is 0 Å². The average molecular weight is 484 g/mol. The van der Waals surface area contributed by atoms with Gasteiger partial charge < -0.3 is 14.4 Å². The highest BCUT2D eigenvalue weighted by Gasteiger charge is 2.17. The molecule has 0 radical (unpaired) electrons. The second-order valence-corrected chi connectivity index (χ2v) is 8.21. The standard InChI is InChI=1S/C30H26FNO4/c1-35-30(34)25-13-11-23(12-14-25)21-32(20-19-22-7-3-2-4-8-22)29(33)24-15-17-26(18-16-24)36-28-10-6-5-9-27(28)31/h2-18H,19-21H2,1H3. The van der Waals surface area contributed by atoms with Gasteiger partial charge in [-0.2, -0.15) is 0 Å². The molecule has 0 heterocycles. The number of hydrogen-bond acceptors (Lipinski definition) is 4. The van der Waals surface area contributed by atoms with Crippen LogP contribution in [0.1, 0.15) is 31.8 Å². The summed E-state index contributed by atoms with van der Waals surface area (Å²) in [5, 5.41) is 0. The number of amides is 1. The maximum Gasteiger partial charge on any atom is 0.337 e. The van der Waals surface area contributed by atoms with Gasteiger partial charge >= 0.3 is 5.97 Å². The quantitative estimate of drug-likeness (QED) is 0.263. The van der Waals surface area contributed by atoms with Crippen LogP contribution in [0, 0.1) is 5.82 Å². The normalized spacial score (nSPS) is 10.5. The Labute approximate surface area is 209 Å². The van der Waals surface area contributed by atoms with Crippen molar-refractivity contribution in [3.8, 4) is 11.5 Å². The summed E-state index contributed by atoms with van der Waals surface area (Å²) >= 11 is 0. The van der Waals surface area contributed by atoms with Crippen molar-refractivity contribution in [3.63, 3.8) is 0 Å². The Morgan fingerprint density at radius 2 is 1.39 bits per heavy atom. The van der Waals surface area contributed by atoms with Crippen LogP contribution >= 0.6 is 0 Å². The first-order valence-electron chi connectivity index (χ1n) is 11.6. The smallest absolute Gasteiger partial charge is 0.337 e. The molecule has 5 nitrogen and oxygen atoms in total. The number of para-hydroxylation sites is 1. The van der Waals surface area contributed by atoms with E-state index in [0.29, 0.717) is 36.4 Å². The van der Waals surface area contributed by atoms with Gasteiger partial charge in [0.1, 0.15) is 5.75 Å². The van der Waals surface area contributed by atoms with Gasteiger partial charge in [0, 0.05) is 18.7 Å². The first kappa shape index (κ1) is 24.7. The lowest BCUT2D eigenvalue weighted by molar-refractivity contribution is 0.0600. The van der Waals surface area contributed by atoms with E-state index >= 15 is 0 Å². The molecule has 0 aliphatic carbocycles. The second-order valence-electron chi connectivity index (χ2n) is 8.21. The van der Waals surface area contributed by atoms with Crippen LogP contribution in [0.15, 0.2) is 103 Å². The van der Waals surface area contributed by atoms with Crippen molar-refractivity contribution in [3.05, 3.63) is 131 Å². The average Bonchev–Trinajstić information content (AvgIpc) is 2.93. The maximum absolute atomic E-state index is 13.9. The molecule has 0 aliphatic rings. The number of benzene rings is 4. The lowest BCUT2D eigenvalue weighted by atomic mass is 10.1. The van der Waals surface area contributed by atoms with Crippen LogP contribution < -0.4 is 4.74 Å². The highest BCUT2D eigenvalue weighted by Crippen LogP contribution is 2.25. The molecule has 0 aromatic heterocycles. The molecule has 4 aromatic rings. The number of nitrogens with zero attached hydrogens (tertiary/aromatic N) is 1. The zero-order valence-corrected chi connectivity index (χ0v) is 19.9. The van der Waals surface area contributed by atoms with Crippen LogP contribution in [0.2, 0.25) is 0 Å². The Balaban J connectivity index is 1.51. The fraction of sp³-hybridized carbons (Fsp3) is 0.133. The largest absolute Gasteiger partial charge is 0.465 e. The van der Waals surface area contributed by atoms with E-state index in [1.807, 2.05) is 42.5 Å². The Morgan fingerprint density at radius 1 is 0.750 bits per heavy atom. The van der Waals surface area contributed by atoms with Gasteiger partial charge in [0.15, 0.2) is 11.6 Å². The summed E-state index contributed by atoms with van der Waals surface area (Å²) in [5.74, 6) is -0.443. The van der Waals surface area contributed by atoms with E-state index in [0.717, 1.165) is 11.1 Å². The van der Waals surface area contributed by atoms with Crippen molar-refractivity contribution in [2.24, 2.45) is 0 Å². The summed E-state index contributed by atoms with van der Waals surface area (Å²) in [6.45, 7) is 0.885. The molecule has 0 aliphatic heterocycles. The first-order chi connectivity index (χ1) is 17.5. The minimum Gasteiger partial charge on any atom is -0.465 e. The van der Waals surface area contributed by atoms with Gasteiger partial charge in [-0.25, -0.2) is 9.18 Å². The molecular formula is C30H26FNO4. The molecule has 36 heavy (non-hydrogen) atoms. The van der Waals surface area contributed by atoms with Crippen LogP contribution in [0.4, 0.5) is 4.39 Å². The molecule has 6 heteroatoms. The van der Waals surface area contributed by atoms with Crippen LogP contribution in [0.3, 0.4) is 0 Å². The molecule has 4 rings (SSSR count). The van der Waals surface area contributed by atoms with E-state index in [9.17, 15) is 14.0 Å². The van der Waals surface area contributed by atoms with Crippen LogP contribution in [0.5, 0.6) is 11.5 Å². The summed E-state index contributed by atoms with van der Waals surface area (Å²) in [4.78, 5) is 27.0. The van der Waals surface area contributed by atoms with Gasteiger partial charge in [-0.3, -0.25) is 4.79 Å². The van der Waals surface area contributed by atoms with Gasteiger partial charge in [0.25, 0.3) is 5.91 Å². The zero-order chi connectivity index (χ0) is 25.3. The Hall–Kier alpha value is -4.45. The molecule has 0 bridgehead atoms. The molecule has 1 amide bonds. The Morgan fingerprint density at radius 3 is 2.06 bits per heavy atom. The molecule has 0 saturated heterocycles. The number of ether oxygens (including phenoxy) is 2. The van der Waals surface area contributed by atoms with Gasteiger partial charge in [-0.15, -0.1) is 0 Å². The number of halogens is 1. The Bertz CT molecular complexity index is 1310. The summed E-state index contributed by atoms with van der Waals surface area (Å²) in [5.41, 5.74) is 2.97. The fourth-order valence-corrected chi connectivity index (χ4v) is 3.75. The molecule has 0 fully saturated rings. The number of methoxy groups -OCH3 is 1. The molecule has 0 N–H and O–H groups in total. The van der Waals surface area contributed by atoms with Gasteiger partial charge in [-0.05, 0) is 66.1 Å². The van der Waals surface area contributed by atoms with Gasteiger partial charge in [0.2, 0.25) is 0 Å². The molecule has 0 atom stereocenters. The minimum absolute atomic E-state index is 0.122. The maximum atomic E-state index is 13.9. The second kappa shape index (κ2) is 11.8. The van der Waals surface area contributed by atoms with Crippen LogP contribution in [0.25, 0.3) is 0 Å². The summed E-state index contributed by atoms with van der Waals surface area (Å²) < 4.78 is 24.3. The van der Waals surface area contributed by atoms with Crippen molar-refractivity contribution in [2.45, 2.75) is 13.0 Å². The number of carbonyl (C=O) groups excluding carboxylic acids is 2. The lowest BCUT2D eigenvalue weighted by Crippen LogP contribution is -2.32. The molecule has 4 aromatic carbocycles. The van der Waals surface area contributed by atoms with Crippen molar-refractivity contribution in [1.82, 2.24) is 4.90 Å². The molecule has 0 unspecified atom stereocenters. The summed E-state index contributed by atoms with van der Waals surface area (Å²) in [7, 11) is 1.34. The van der Waals surface area contributed by atoms with E-state index in [1.165, 1.54) is 13.2 Å². The summed E-state index contributed by atoms with van der Waals surface area (Å²) in [6.07, 6.45) is 0.696. The van der Waals surface area contributed by atoms with Crippen LogP contribution in [-0.4, -0.2) is 30.4 Å². The van der Waals surface area contributed by atoms with Crippen molar-refractivity contribution in [2.75, 3.05) is 13.7 Å². The van der Waals surface area contributed by atoms with E-state index in [2.05, 4.69) is 0 Å². The number of esters is 1. The van der Waals surface area contributed by atoms with Crippen LogP contribution in [-0.2, 0) is 17.7 Å². The number of rotatable bonds is 9. The first-order valence-corrected chi connectivity index (χ1v) is 11.6. The van der Waals surface area contributed by atoms with E-state index in [-0.39, 0.29) is 11.7 Å². The monoisotopic (exact) mass is 483 g/mol. The molecule has 0 saturated carbocycles. The van der Waals surface area contributed by atoms with Gasteiger partial charge in [-0.1, -0.05) is 54.6 Å². The van der Waals surface area contributed by atoms with E-state index < -0.39 is 11.8 Å². The number of carbonyl (C=O) groups is 2. The molecule has 182 valence electrons. The predicted molar refractivity (Wildman–Crippen MR) is 136 cm³/mol. The zero-order valence-electron chi connectivity index (χ0n) is 19.9.